The minimum atomic E-state index is -0.234. The summed E-state index contributed by atoms with van der Waals surface area (Å²) in [5.74, 6) is 0.737. The van der Waals surface area contributed by atoms with E-state index in [1.807, 2.05) is 0 Å². The van der Waals surface area contributed by atoms with Gasteiger partial charge in [0, 0.05) is 12.6 Å². The number of nitrogens with zero attached hydrogens (tertiary/aromatic N) is 3. The Bertz CT molecular complexity index is 683. The van der Waals surface area contributed by atoms with Gasteiger partial charge in [-0.25, -0.2) is 4.98 Å². The zero-order chi connectivity index (χ0) is 14.8. The Kier molecular flexibility index (Phi) is 3.27. The molecule has 3 rings (SSSR count). The number of hydrogen-bond acceptors (Lipinski definition) is 5. The summed E-state index contributed by atoms with van der Waals surface area (Å²) >= 11 is 0. The molecule has 2 amide bonds. The van der Waals surface area contributed by atoms with E-state index in [0.29, 0.717) is 29.4 Å². The number of benzene rings is 1. The summed E-state index contributed by atoms with van der Waals surface area (Å²) in [6, 6.07) is 4.94. The molecule has 0 fully saturated rings. The van der Waals surface area contributed by atoms with Gasteiger partial charge in [0.2, 0.25) is 0 Å². The van der Waals surface area contributed by atoms with Crippen molar-refractivity contribution in [2.45, 2.75) is 6.54 Å². The van der Waals surface area contributed by atoms with Crippen LogP contribution in [-0.4, -0.2) is 45.6 Å². The van der Waals surface area contributed by atoms with Crippen molar-refractivity contribution in [2.75, 3.05) is 19.0 Å². The second-order valence-corrected chi connectivity index (χ2v) is 4.64. The lowest BCUT2D eigenvalue weighted by Gasteiger charge is -2.20. The van der Waals surface area contributed by atoms with Crippen LogP contribution < -0.4 is 10.1 Å². The number of aromatic amines is 1. The Morgan fingerprint density at radius 2 is 2.33 bits per heavy atom. The van der Waals surface area contributed by atoms with E-state index in [9.17, 15) is 9.59 Å². The maximum Gasteiger partial charge on any atom is 0.262 e. The van der Waals surface area contributed by atoms with Gasteiger partial charge in [0.25, 0.3) is 11.8 Å². The van der Waals surface area contributed by atoms with Gasteiger partial charge in [-0.2, -0.15) is 5.10 Å². The van der Waals surface area contributed by atoms with Crippen molar-refractivity contribution < 1.29 is 14.3 Å². The van der Waals surface area contributed by atoms with Gasteiger partial charge < -0.3 is 15.0 Å². The van der Waals surface area contributed by atoms with Gasteiger partial charge in [-0.15, -0.1) is 0 Å². The summed E-state index contributed by atoms with van der Waals surface area (Å²) in [5, 5.41) is 9.11. The van der Waals surface area contributed by atoms with E-state index in [-0.39, 0.29) is 18.4 Å². The molecule has 21 heavy (non-hydrogen) atoms. The maximum absolute atomic E-state index is 12.3. The first-order chi connectivity index (χ1) is 10.1. The van der Waals surface area contributed by atoms with Crippen LogP contribution in [0.15, 0.2) is 24.5 Å². The second kappa shape index (κ2) is 5.23. The molecule has 1 aromatic carbocycles. The summed E-state index contributed by atoms with van der Waals surface area (Å²) in [4.78, 5) is 29.1. The first-order valence-corrected chi connectivity index (χ1v) is 6.30. The van der Waals surface area contributed by atoms with Gasteiger partial charge in [-0.1, -0.05) is 0 Å². The van der Waals surface area contributed by atoms with Crippen LogP contribution in [0.4, 0.5) is 5.69 Å². The van der Waals surface area contributed by atoms with Crippen molar-refractivity contribution >= 4 is 17.5 Å². The summed E-state index contributed by atoms with van der Waals surface area (Å²) in [6.45, 7) is 0.310. The summed E-state index contributed by atoms with van der Waals surface area (Å²) in [7, 11) is 1.67. The van der Waals surface area contributed by atoms with Crippen LogP contribution in [0.2, 0.25) is 0 Å². The van der Waals surface area contributed by atoms with Crippen molar-refractivity contribution in [3.63, 3.8) is 0 Å². The standard InChI is InChI=1S/C13H13N5O3/c1-18(5-11-14-7-15-17-11)13(20)8-2-3-10-9(4-8)16-12(19)6-21-10/h2-4,7H,5-6H2,1H3,(H,16,19)(H,14,15,17). The normalized spacial score (nSPS) is 13.1. The fraction of sp³-hybridized carbons (Fsp3) is 0.231. The lowest BCUT2D eigenvalue weighted by atomic mass is 10.1. The molecule has 0 spiro atoms. The molecule has 1 aliphatic heterocycles. The number of anilines is 1. The molecule has 0 aliphatic carbocycles. The number of hydrogen-bond donors (Lipinski definition) is 2. The first-order valence-electron chi connectivity index (χ1n) is 6.30. The topological polar surface area (TPSA) is 100 Å². The number of ether oxygens (including phenoxy) is 1. The van der Waals surface area contributed by atoms with E-state index < -0.39 is 0 Å². The number of carbonyl (C=O) groups excluding carboxylic acids is 2. The van der Waals surface area contributed by atoms with Gasteiger partial charge >= 0.3 is 0 Å². The molecular weight excluding hydrogens is 274 g/mol. The van der Waals surface area contributed by atoms with E-state index in [0.717, 1.165) is 0 Å². The largest absolute Gasteiger partial charge is 0.482 e. The fourth-order valence-corrected chi connectivity index (χ4v) is 2.04. The van der Waals surface area contributed by atoms with Crippen molar-refractivity contribution in [3.05, 3.63) is 35.9 Å². The van der Waals surface area contributed by atoms with Crippen LogP contribution in [-0.2, 0) is 11.3 Å². The van der Waals surface area contributed by atoms with Crippen molar-refractivity contribution in [1.82, 2.24) is 20.1 Å². The zero-order valence-electron chi connectivity index (χ0n) is 11.3. The summed E-state index contributed by atoms with van der Waals surface area (Å²) < 4.78 is 5.26. The van der Waals surface area contributed by atoms with Gasteiger partial charge in [-0.3, -0.25) is 14.7 Å². The molecule has 2 heterocycles. The SMILES string of the molecule is CN(Cc1ncn[nH]1)C(=O)c1ccc2c(c1)NC(=O)CO2. The van der Waals surface area contributed by atoms with Crippen LogP contribution in [0.5, 0.6) is 5.75 Å². The number of nitrogens with one attached hydrogen (secondary N) is 2. The molecule has 8 heteroatoms. The van der Waals surface area contributed by atoms with E-state index >= 15 is 0 Å². The van der Waals surface area contributed by atoms with Crippen molar-refractivity contribution in [2.24, 2.45) is 0 Å². The smallest absolute Gasteiger partial charge is 0.262 e. The number of rotatable bonds is 3. The molecule has 8 nitrogen and oxygen atoms in total. The molecule has 0 saturated heterocycles. The van der Waals surface area contributed by atoms with E-state index in [2.05, 4.69) is 20.5 Å². The number of fused-ring (bicyclic) bond motifs is 1. The van der Waals surface area contributed by atoms with Gasteiger partial charge in [0.15, 0.2) is 6.61 Å². The highest BCUT2D eigenvalue weighted by Crippen LogP contribution is 2.28. The Morgan fingerprint density at radius 1 is 1.48 bits per heavy atom. The Hall–Kier alpha value is -2.90. The van der Waals surface area contributed by atoms with Crippen LogP contribution in [0.3, 0.4) is 0 Å². The predicted molar refractivity (Wildman–Crippen MR) is 72.7 cm³/mol. The third-order valence-electron chi connectivity index (χ3n) is 3.06. The third-order valence-corrected chi connectivity index (χ3v) is 3.06. The molecule has 0 saturated carbocycles. The highest BCUT2D eigenvalue weighted by atomic mass is 16.5. The highest BCUT2D eigenvalue weighted by molar-refractivity contribution is 5.99. The molecule has 0 atom stereocenters. The zero-order valence-corrected chi connectivity index (χ0v) is 11.3. The van der Waals surface area contributed by atoms with Gasteiger partial charge in [0.05, 0.1) is 12.2 Å². The number of aromatic nitrogens is 3. The highest BCUT2D eigenvalue weighted by Gasteiger charge is 2.19. The van der Waals surface area contributed by atoms with Crippen LogP contribution in [0, 0.1) is 0 Å². The molecule has 2 N–H and O–H groups in total. The Labute approximate surface area is 120 Å². The van der Waals surface area contributed by atoms with Crippen LogP contribution >= 0.6 is 0 Å². The molecule has 0 radical (unpaired) electrons. The predicted octanol–water partition coefficient (Wildman–Crippen LogP) is 0.408. The second-order valence-electron chi connectivity index (χ2n) is 4.64. The van der Waals surface area contributed by atoms with Crippen LogP contribution in [0.25, 0.3) is 0 Å². The summed E-state index contributed by atoms with van der Waals surface area (Å²) in [5.41, 5.74) is 0.965. The number of amides is 2. The third kappa shape index (κ3) is 2.69. The molecule has 0 bridgehead atoms. The average molecular weight is 287 g/mol. The van der Waals surface area contributed by atoms with Crippen LogP contribution in [0.1, 0.15) is 16.2 Å². The molecule has 2 aromatic rings. The van der Waals surface area contributed by atoms with E-state index in [1.54, 1.807) is 25.2 Å². The number of H-pyrrole nitrogens is 1. The average Bonchev–Trinajstić information content (AvgIpc) is 2.98. The monoisotopic (exact) mass is 287 g/mol. The molecule has 108 valence electrons. The molecule has 0 unspecified atom stereocenters. The Morgan fingerprint density at radius 3 is 3.10 bits per heavy atom. The lowest BCUT2D eigenvalue weighted by Crippen LogP contribution is -2.28. The maximum atomic E-state index is 12.3. The summed E-state index contributed by atoms with van der Waals surface area (Å²) in [6.07, 6.45) is 1.39. The Balaban J connectivity index is 1.78. The van der Waals surface area contributed by atoms with Crippen molar-refractivity contribution in [1.29, 1.82) is 0 Å². The minimum Gasteiger partial charge on any atom is -0.482 e. The van der Waals surface area contributed by atoms with Crippen molar-refractivity contribution in [3.8, 4) is 5.75 Å². The number of carbonyl (C=O) groups is 2. The molecule has 1 aliphatic rings. The molecule has 1 aromatic heterocycles. The van der Waals surface area contributed by atoms with E-state index in [1.165, 1.54) is 11.2 Å². The lowest BCUT2D eigenvalue weighted by molar-refractivity contribution is -0.118. The quantitative estimate of drug-likeness (QED) is 0.851. The van der Waals surface area contributed by atoms with Gasteiger partial charge in [-0.05, 0) is 18.2 Å². The fourth-order valence-electron chi connectivity index (χ4n) is 2.04. The van der Waals surface area contributed by atoms with E-state index in [4.69, 9.17) is 4.74 Å². The first kappa shape index (κ1) is 13.1. The van der Waals surface area contributed by atoms with Gasteiger partial charge in [0.1, 0.15) is 17.9 Å². The molecular formula is C13H13N5O3. The minimum absolute atomic E-state index is 0.00824.